The first-order valence-corrected chi connectivity index (χ1v) is 26.7. The number of pyridine rings is 3. The molecule has 0 spiro atoms. The first kappa shape index (κ1) is 42.1. The number of rotatable bonds is 6. The van der Waals surface area contributed by atoms with Crippen molar-refractivity contribution in [2.24, 2.45) is 5.92 Å². The van der Waals surface area contributed by atoms with Crippen LogP contribution in [0.2, 0.25) is 17.3 Å². The summed E-state index contributed by atoms with van der Waals surface area (Å²) in [5, 5.41) is 2.17. The zero-order valence-electron chi connectivity index (χ0n) is 35.0. The molecule has 5 aromatic heterocycles. The van der Waals surface area contributed by atoms with Gasteiger partial charge in [-0.15, -0.1) is 17.7 Å². The standard InChI is InChI=1S/C30H27N4O.C18H23FGeN.Ir/c1-15-10-17(3)27(18(4)11-15)34-25-13-19(5)31-14-24(25)33-30(34)22-9-8-16(2)26-23-12-20(6)32-21(7)28(23)35-29(22)26;1-13(2)9-15-11-18(14-7-6-8-16(19)10-14)21-12-17(15)20(3,4)5;/h8,10-14H,1-7H3;6,8,10-13H,9H2,1-5H3;/q2*-1;. The van der Waals surface area contributed by atoms with Gasteiger partial charge in [0, 0.05) is 42.6 Å². The number of halogens is 1. The summed E-state index contributed by atoms with van der Waals surface area (Å²) in [5.41, 5.74) is 15.9. The molecule has 8 rings (SSSR count). The van der Waals surface area contributed by atoms with Crippen molar-refractivity contribution in [1.82, 2.24) is 24.5 Å². The van der Waals surface area contributed by atoms with Gasteiger partial charge in [-0.25, -0.2) is 0 Å². The Morgan fingerprint density at radius 3 is 2.19 bits per heavy atom. The summed E-state index contributed by atoms with van der Waals surface area (Å²) < 4.78 is 23.6. The Morgan fingerprint density at radius 1 is 0.807 bits per heavy atom. The summed E-state index contributed by atoms with van der Waals surface area (Å²) in [5.74, 6) is 8.31. The summed E-state index contributed by atoms with van der Waals surface area (Å²) in [6.07, 6.45) is 4.92. The molecule has 295 valence electrons. The zero-order chi connectivity index (χ0) is 40.2. The molecule has 3 aromatic carbocycles. The van der Waals surface area contributed by atoms with Crippen molar-refractivity contribution in [2.45, 2.75) is 86.0 Å². The average molecular weight is 997 g/mol. The molecule has 0 N–H and O–H groups in total. The van der Waals surface area contributed by atoms with E-state index in [1.54, 1.807) is 6.07 Å². The minimum absolute atomic E-state index is 0. The van der Waals surface area contributed by atoms with Crippen LogP contribution in [0.5, 0.6) is 0 Å². The van der Waals surface area contributed by atoms with Gasteiger partial charge in [-0.1, -0.05) is 35.6 Å². The van der Waals surface area contributed by atoms with Gasteiger partial charge in [-0.2, -0.15) is 0 Å². The van der Waals surface area contributed by atoms with Gasteiger partial charge in [0.2, 0.25) is 0 Å². The van der Waals surface area contributed by atoms with Gasteiger partial charge in [-0.05, 0) is 64.8 Å². The predicted octanol–water partition coefficient (Wildman–Crippen LogP) is 11.8. The van der Waals surface area contributed by atoms with Gasteiger partial charge in [-0.3, -0.25) is 15.0 Å². The third-order valence-electron chi connectivity index (χ3n) is 10.3. The van der Waals surface area contributed by atoms with Crippen LogP contribution in [-0.2, 0) is 26.5 Å². The fraction of sp³-hybridized carbons (Fsp3) is 0.292. The van der Waals surface area contributed by atoms with E-state index in [1.807, 2.05) is 39.2 Å². The number of benzene rings is 3. The Labute approximate surface area is 352 Å². The van der Waals surface area contributed by atoms with Crippen LogP contribution in [0.4, 0.5) is 4.39 Å². The molecule has 0 fully saturated rings. The number of fused-ring (bicyclic) bond motifs is 4. The maximum atomic E-state index is 13.4. The van der Waals surface area contributed by atoms with Crippen molar-refractivity contribution < 1.29 is 28.9 Å². The number of aromatic nitrogens is 5. The van der Waals surface area contributed by atoms with Crippen LogP contribution in [0.15, 0.2) is 71.4 Å². The van der Waals surface area contributed by atoms with Gasteiger partial charge in [0.1, 0.15) is 5.58 Å². The number of nitrogens with zero attached hydrogens (tertiary/aromatic N) is 5. The van der Waals surface area contributed by atoms with Gasteiger partial charge < -0.3 is 8.98 Å². The second-order valence-corrected chi connectivity index (χ2v) is 27.3. The second-order valence-electron chi connectivity index (χ2n) is 16.7. The van der Waals surface area contributed by atoms with Gasteiger partial charge in [0.05, 0.1) is 34.3 Å². The molecule has 6 nitrogen and oxygen atoms in total. The molecule has 5 heterocycles. The average Bonchev–Trinajstić information content (AvgIpc) is 3.67. The SMILES string of the molecule is CC(C)Cc1cc(-c2[c-]ccc(F)c2)nc[c]1[Ge]([CH3])([CH3])[CH3].Cc1cc(C)c(-n2c(-c3[c-]cc(C)c4c3oc3c(C)nc(C)cc34)nc3cnc(C)cc32)c(C)c1.[Ir]. The molecule has 1 radical (unpaired) electrons. The van der Waals surface area contributed by atoms with E-state index in [9.17, 15) is 4.39 Å². The molecule has 0 unspecified atom stereocenters. The maximum Gasteiger partial charge on any atom is 0.142 e. The molecule has 9 heteroatoms. The molecule has 0 aliphatic heterocycles. The molecule has 0 saturated carbocycles. The number of hydrogen-bond donors (Lipinski definition) is 0. The monoisotopic (exact) mass is 998 g/mol. The third-order valence-corrected chi connectivity index (χ3v) is 14.6. The predicted molar refractivity (Wildman–Crippen MR) is 231 cm³/mol. The van der Waals surface area contributed by atoms with Crippen molar-refractivity contribution >= 4 is 50.6 Å². The van der Waals surface area contributed by atoms with Crippen molar-refractivity contribution in [2.75, 3.05) is 0 Å². The van der Waals surface area contributed by atoms with Gasteiger partial charge >= 0.3 is 130 Å². The van der Waals surface area contributed by atoms with Crippen molar-refractivity contribution in [3.63, 3.8) is 0 Å². The zero-order valence-corrected chi connectivity index (χ0v) is 39.5. The topological polar surface area (TPSA) is 69.6 Å². The summed E-state index contributed by atoms with van der Waals surface area (Å²) in [7, 11) is 0. The van der Waals surface area contributed by atoms with Gasteiger partial charge in [0.15, 0.2) is 0 Å². The summed E-state index contributed by atoms with van der Waals surface area (Å²) >= 11 is -1.95. The van der Waals surface area contributed by atoms with Crippen LogP contribution in [0.25, 0.3) is 61.3 Å². The summed E-state index contributed by atoms with van der Waals surface area (Å²) in [6.45, 7) is 19.1. The molecule has 8 aromatic rings. The van der Waals surface area contributed by atoms with Crippen LogP contribution >= 0.6 is 0 Å². The number of aryl methyl sites for hydroxylation is 7. The second kappa shape index (κ2) is 16.4. The molecular formula is C48H50FGeIrN5O-2. The van der Waals surface area contributed by atoms with E-state index < -0.39 is 13.3 Å². The van der Waals surface area contributed by atoms with E-state index in [1.165, 1.54) is 38.8 Å². The first-order chi connectivity index (χ1) is 26.5. The van der Waals surface area contributed by atoms with E-state index in [4.69, 9.17) is 9.40 Å². The van der Waals surface area contributed by atoms with E-state index in [0.29, 0.717) is 5.92 Å². The Bertz CT molecular complexity index is 2770. The number of furan rings is 1. The summed E-state index contributed by atoms with van der Waals surface area (Å²) in [4.78, 5) is 18.8. The summed E-state index contributed by atoms with van der Waals surface area (Å²) in [6, 6.07) is 23.9. The van der Waals surface area contributed by atoms with Crippen molar-refractivity contribution in [3.8, 4) is 28.3 Å². The van der Waals surface area contributed by atoms with Crippen LogP contribution in [0, 0.1) is 72.3 Å². The number of imidazole rings is 1. The molecule has 0 aliphatic rings. The first-order valence-electron chi connectivity index (χ1n) is 19.3. The molecule has 0 saturated heterocycles. The minimum Gasteiger partial charge on any atom is -0.499 e. The van der Waals surface area contributed by atoms with Gasteiger partial charge in [0.25, 0.3) is 0 Å². The number of hydrogen-bond acceptors (Lipinski definition) is 5. The minimum atomic E-state index is -1.95. The van der Waals surface area contributed by atoms with Crippen LogP contribution in [0.3, 0.4) is 0 Å². The van der Waals surface area contributed by atoms with Crippen LogP contribution in [-0.4, -0.2) is 37.8 Å². The van der Waals surface area contributed by atoms with E-state index in [-0.39, 0.29) is 25.9 Å². The van der Waals surface area contributed by atoms with Crippen LogP contribution in [0.1, 0.15) is 58.7 Å². The van der Waals surface area contributed by atoms with Crippen molar-refractivity contribution in [3.05, 3.63) is 130 Å². The molecular weight excluding hydrogens is 946 g/mol. The quantitative estimate of drug-likeness (QED) is 0.123. The normalized spacial score (nSPS) is 11.7. The Balaban J connectivity index is 0.000000215. The Kier molecular flexibility index (Phi) is 12.1. The molecule has 0 bridgehead atoms. The largest absolute Gasteiger partial charge is 0.499 e. The Morgan fingerprint density at radius 2 is 1.53 bits per heavy atom. The maximum absolute atomic E-state index is 13.4. The van der Waals surface area contributed by atoms with E-state index >= 15 is 0 Å². The smallest absolute Gasteiger partial charge is 0.142 e. The Hall–Kier alpha value is -4.50. The molecule has 0 atom stereocenters. The fourth-order valence-corrected chi connectivity index (χ4v) is 11.3. The third kappa shape index (κ3) is 8.41. The van der Waals surface area contributed by atoms with E-state index in [0.717, 1.165) is 90.4 Å². The fourth-order valence-electron chi connectivity index (χ4n) is 7.97. The van der Waals surface area contributed by atoms with Crippen LogP contribution < -0.4 is 4.40 Å². The molecule has 0 aliphatic carbocycles. The van der Waals surface area contributed by atoms with Crippen molar-refractivity contribution in [1.29, 1.82) is 0 Å². The van der Waals surface area contributed by atoms with E-state index in [2.05, 4.69) is 121 Å². The molecule has 0 amide bonds. The molecule has 57 heavy (non-hydrogen) atoms.